The van der Waals surface area contributed by atoms with E-state index in [-0.39, 0.29) is 25.4 Å². The molecule has 0 aliphatic carbocycles. The average Bonchev–Trinajstić information content (AvgIpc) is 2.93. The van der Waals surface area contributed by atoms with Gasteiger partial charge in [-0.05, 0) is 55.2 Å². The Bertz CT molecular complexity index is 1600. The lowest BCUT2D eigenvalue weighted by molar-refractivity contribution is -0.121. The van der Waals surface area contributed by atoms with Crippen LogP contribution in [0.3, 0.4) is 0 Å². The van der Waals surface area contributed by atoms with Crippen molar-refractivity contribution in [2.45, 2.75) is 38.8 Å². The van der Waals surface area contributed by atoms with Gasteiger partial charge >= 0.3 is 5.69 Å². The van der Waals surface area contributed by atoms with Gasteiger partial charge < -0.3 is 10.6 Å². The van der Waals surface area contributed by atoms with Crippen molar-refractivity contribution in [3.63, 3.8) is 0 Å². The van der Waals surface area contributed by atoms with E-state index in [2.05, 4.69) is 10.6 Å². The first-order valence-corrected chi connectivity index (χ1v) is 13.4. The second kappa shape index (κ2) is 13.3. The standard InChI is InChI=1S/C29H28Cl2N4O4/c30-21-13-14-23(31)24(18-21)33-27(37)19-35-25-11-5-4-10-22(25)28(38)34(29(35)39)17-7-6-12-26(36)32-16-15-20-8-2-1-3-9-20/h1-5,8-11,13-14,18H,6-7,12,15-17,19H2,(H,32,36)(H,33,37). The monoisotopic (exact) mass is 566 g/mol. The molecule has 0 saturated carbocycles. The lowest BCUT2D eigenvalue weighted by atomic mass is 10.1. The fourth-order valence-corrected chi connectivity index (χ4v) is 4.62. The van der Waals surface area contributed by atoms with Crippen LogP contribution in [0.15, 0.2) is 82.4 Å². The molecule has 0 aliphatic heterocycles. The number of nitrogens with zero attached hydrogens (tertiary/aromatic N) is 2. The van der Waals surface area contributed by atoms with Gasteiger partial charge in [-0.3, -0.25) is 23.5 Å². The number of carbonyl (C=O) groups is 2. The summed E-state index contributed by atoms with van der Waals surface area (Å²) in [5.74, 6) is -0.575. The smallest absolute Gasteiger partial charge is 0.331 e. The van der Waals surface area contributed by atoms with Gasteiger partial charge in [0.15, 0.2) is 0 Å². The maximum Gasteiger partial charge on any atom is 0.331 e. The quantitative estimate of drug-likeness (QED) is 0.258. The van der Waals surface area contributed by atoms with Crippen molar-refractivity contribution in [2.75, 3.05) is 11.9 Å². The Morgan fingerprint density at radius 3 is 2.36 bits per heavy atom. The molecule has 0 spiro atoms. The molecule has 8 nitrogen and oxygen atoms in total. The largest absolute Gasteiger partial charge is 0.356 e. The highest BCUT2D eigenvalue weighted by atomic mass is 35.5. The first-order chi connectivity index (χ1) is 18.8. The van der Waals surface area contributed by atoms with E-state index < -0.39 is 17.2 Å². The van der Waals surface area contributed by atoms with Crippen molar-refractivity contribution in [3.05, 3.63) is 109 Å². The molecule has 0 atom stereocenters. The van der Waals surface area contributed by atoms with Crippen molar-refractivity contribution in [1.29, 1.82) is 0 Å². The van der Waals surface area contributed by atoms with Crippen LogP contribution in [0.2, 0.25) is 10.0 Å². The summed E-state index contributed by atoms with van der Waals surface area (Å²) in [5.41, 5.74) is 0.792. The predicted octanol–water partition coefficient (Wildman–Crippen LogP) is 4.64. The number of benzene rings is 3. The minimum atomic E-state index is -0.599. The van der Waals surface area contributed by atoms with Gasteiger partial charge in [0.25, 0.3) is 5.56 Å². The Morgan fingerprint density at radius 2 is 1.56 bits per heavy atom. The van der Waals surface area contributed by atoms with Crippen LogP contribution in [0.5, 0.6) is 0 Å². The summed E-state index contributed by atoms with van der Waals surface area (Å²) < 4.78 is 2.39. The predicted molar refractivity (Wildman–Crippen MR) is 155 cm³/mol. The van der Waals surface area contributed by atoms with Crippen LogP contribution in [-0.4, -0.2) is 27.5 Å². The van der Waals surface area contributed by atoms with Crippen molar-refractivity contribution < 1.29 is 9.59 Å². The van der Waals surface area contributed by atoms with Crippen molar-refractivity contribution in [2.24, 2.45) is 0 Å². The minimum Gasteiger partial charge on any atom is -0.356 e. The summed E-state index contributed by atoms with van der Waals surface area (Å²) in [6.45, 7) is 0.341. The first-order valence-electron chi connectivity index (χ1n) is 12.6. The van der Waals surface area contributed by atoms with Crippen LogP contribution < -0.4 is 21.9 Å². The molecule has 3 aromatic carbocycles. The molecule has 0 saturated heterocycles. The minimum absolute atomic E-state index is 0.0782. The molecule has 202 valence electrons. The Balaban J connectivity index is 1.41. The van der Waals surface area contributed by atoms with Gasteiger partial charge in [-0.2, -0.15) is 0 Å². The summed E-state index contributed by atoms with van der Waals surface area (Å²) >= 11 is 12.2. The second-order valence-corrected chi connectivity index (χ2v) is 9.90. The van der Waals surface area contributed by atoms with E-state index in [0.29, 0.717) is 46.0 Å². The van der Waals surface area contributed by atoms with Gasteiger partial charge in [0.1, 0.15) is 6.54 Å². The lowest BCUT2D eigenvalue weighted by Crippen LogP contribution is -2.41. The van der Waals surface area contributed by atoms with E-state index in [9.17, 15) is 19.2 Å². The molecule has 0 aliphatic rings. The zero-order chi connectivity index (χ0) is 27.8. The van der Waals surface area contributed by atoms with E-state index >= 15 is 0 Å². The van der Waals surface area contributed by atoms with Gasteiger partial charge in [-0.1, -0.05) is 65.7 Å². The van der Waals surface area contributed by atoms with Crippen LogP contribution in [0.1, 0.15) is 24.8 Å². The van der Waals surface area contributed by atoms with E-state index in [1.807, 2.05) is 30.3 Å². The SMILES string of the molecule is O=C(CCCCn1c(=O)c2ccccc2n(CC(=O)Nc2cc(Cl)ccc2Cl)c1=O)NCCc1ccccc1. The highest BCUT2D eigenvalue weighted by molar-refractivity contribution is 6.35. The molecule has 4 aromatic rings. The van der Waals surface area contributed by atoms with Crippen molar-refractivity contribution in [3.8, 4) is 0 Å². The van der Waals surface area contributed by atoms with Crippen molar-refractivity contribution in [1.82, 2.24) is 14.5 Å². The number of fused-ring (bicyclic) bond motifs is 1. The topological polar surface area (TPSA) is 102 Å². The van der Waals surface area contributed by atoms with Gasteiger partial charge in [0.05, 0.1) is 21.6 Å². The number of nitrogens with one attached hydrogen (secondary N) is 2. The molecule has 4 rings (SSSR count). The fourth-order valence-electron chi connectivity index (χ4n) is 4.28. The van der Waals surface area contributed by atoms with Crippen LogP contribution in [0, 0.1) is 0 Å². The zero-order valence-electron chi connectivity index (χ0n) is 21.2. The summed E-state index contributed by atoms with van der Waals surface area (Å²) in [5, 5.41) is 6.60. The first kappa shape index (κ1) is 28.1. The summed E-state index contributed by atoms with van der Waals surface area (Å²) in [4.78, 5) is 51.5. The highest BCUT2D eigenvalue weighted by Gasteiger charge is 2.16. The number of unbranched alkanes of at least 4 members (excludes halogenated alkanes) is 1. The summed E-state index contributed by atoms with van der Waals surface area (Å²) in [6.07, 6.45) is 1.98. The molecule has 2 N–H and O–H groups in total. The number of amides is 2. The van der Waals surface area contributed by atoms with Crippen LogP contribution in [0.4, 0.5) is 5.69 Å². The number of aromatic nitrogens is 2. The number of para-hydroxylation sites is 1. The van der Waals surface area contributed by atoms with Crippen molar-refractivity contribution >= 4 is 51.6 Å². The van der Waals surface area contributed by atoms with Crippen LogP contribution in [-0.2, 0) is 29.1 Å². The highest BCUT2D eigenvalue weighted by Crippen LogP contribution is 2.25. The molecular formula is C29H28Cl2N4O4. The average molecular weight is 567 g/mol. The molecule has 2 amide bonds. The second-order valence-electron chi connectivity index (χ2n) is 9.06. The van der Waals surface area contributed by atoms with Gasteiger partial charge in [0, 0.05) is 24.5 Å². The number of rotatable bonds is 11. The number of anilines is 1. The number of carbonyl (C=O) groups excluding carboxylic acids is 2. The Labute approximate surface area is 235 Å². The maximum absolute atomic E-state index is 13.3. The van der Waals surface area contributed by atoms with E-state index in [1.54, 1.807) is 36.4 Å². The van der Waals surface area contributed by atoms with E-state index in [0.717, 1.165) is 16.6 Å². The fraction of sp³-hybridized carbons (Fsp3) is 0.241. The molecule has 1 aromatic heterocycles. The van der Waals surface area contributed by atoms with E-state index in [4.69, 9.17) is 23.2 Å². The van der Waals surface area contributed by atoms with Gasteiger partial charge in [0.2, 0.25) is 11.8 Å². The molecule has 0 unspecified atom stereocenters. The third kappa shape index (κ3) is 7.37. The van der Waals surface area contributed by atoms with Crippen LogP contribution in [0.25, 0.3) is 10.9 Å². The van der Waals surface area contributed by atoms with Gasteiger partial charge in [-0.25, -0.2) is 4.79 Å². The Morgan fingerprint density at radius 1 is 0.821 bits per heavy atom. The normalized spacial score (nSPS) is 10.9. The summed E-state index contributed by atoms with van der Waals surface area (Å²) in [6, 6.07) is 21.2. The third-order valence-corrected chi connectivity index (χ3v) is 6.82. The zero-order valence-corrected chi connectivity index (χ0v) is 22.7. The molecular weight excluding hydrogens is 539 g/mol. The number of hydrogen-bond donors (Lipinski definition) is 2. The molecule has 0 radical (unpaired) electrons. The molecule has 39 heavy (non-hydrogen) atoms. The Hall–Kier alpha value is -3.88. The molecule has 0 bridgehead atoms. The Kier molecular flexibility index (Phi) is 9.57. The summed E-state index contributed by atoms with van der Waals surface area (Å²) in [7, 11) is 0. The number of halogens is 2. The van der Waals surface area contributed by atoms with Crippen LogP contribution >= 0.6 is 23.2 Å². The molecule has 1 heterocycles. The van der Waals surface area contributed by atoms with Gasteiger partial charge in [-0.15, -0.1) is 0 Å². The molecule has 10 heteroatoms. The van der Waals surface area contributed by atoms with E-state index in [1.165, 1.54) is 10.6 Å². The molecule has 0 fully saturated rings. The maximum atomic E-state index is 13.3. The lowest BCUT2D eigenvalue weighted by Gasteiger charge is -2.14. The number of hydrogen-bond acceptors (Lipinski definition) is 4. The third-order valence-electron chi connectivity index (χ3n) is 6.25.